The lowest BCUT2D eigenvalue weighted by Crippen LogP contribution is -2.28. The predicted molar refractivity (Wildman–Crippen MR) is 222 cm³/mol. The first-order valence-corrected chi connectivity index (χ1v) is 20.2. The van der Waals surface area contributed by atoms with E-state index in [9.17, 15) is 28.6 Å². The first-order chi connectivity index (χ1) is 25.9. The molecule has 0 fully saturated rings. The number of esters is 1. The number of aromatic nitrogens is 1. The van der Waals surface area contributed by atoms with Crippen molar-refractivity contribution in [1.29, 1.82) is 0 Å². The number of thioether (sulfide) groups is 1. The van der Waals surface area contributed by atoms with E-state index in [2.05, 4.69) is 45.0 Å². The van der Waals surface area contributed by atoms with Crippen molar-refractivity contribution in [3.05, 3.63) is 101 Å². The van der Waals surface area contributed by atoms with Crippen molar-refractivity contribution in [1.82, 2.24) is 4.57 Å². The lowest BCUT2D eigenvalue weighted by Gasteiger charge is -2.22. The van der Waals surface area contributed by atoms with Crippen molar-refractivity contribution in [2.75, 3.05) is 0 Å². The zero-order valence-corrected chi connectivity index (χ0v) is 35.1. The van der Waals surface area contributed by atoms with E-state index in [1.807, 2.05) is 44.0 Å². The molecule has 0 bridgehead atoms. The Bertz CT molecular complexity index is 1760. The number of hydrogen-bond acceptors (Lipinski definition) is 6. The third-order valence-corrected chi connectivity index (χ3v) is 10.2. The van der Waals surface area contributed by atoms with Crippen molar-refractivity contribution in [2.45, 2.75) is 142 Å². The highest BCUT2D eigenvalue weighted by molar-refractivity contribution is 8.00. The van der Waals surface area contributed by atoms with Crippen LogP contribution >= 0.6 is 11.8 Å². The first-order valence-electron chi connectivity index (χ1n) is 19.3. The molecule has 1 amide bonds. The third kappa shape index (κ3) is 14.9. The average molecular weight is 781 g/mol. The van der Waals surface area contributed by atoms with Gasteiger partial charge in [0.2, 0.25) is 0 Å². The van der Waals surface area contributed by atoms with Gasteiger partial charge >= 0.3 is 5.97 Å². The molecule has 4 rings (SSSR count). The Kier molecular flexibility index (Phi) is 19.3. The number of aliphatic hydroxyl groups is 2. The number of rotatable bonds is 15. The predicted octanol–water partition coefficient (Wildman–Crippen LogP) is 10.9. The average Bonchev–Trinajstić information content (AvgIpc) is 3.47. The maximum Gasteiger partial charge on any atom is 0.308 e. The Morgan fingerprint density at radius 2 is 1.35 bits per heavy atom. The number of benzene rings is 3. The summed E-state index contributed by atoms with van der Waals surface area (Å²) in [5.74, 6) is -2.28. The number of amides is 1. The standard InChI is InChI=1S/C31H38F2N2O5.C12H18S.C2H6/c1-18(2)28-27(30(34)39)26(19-6-10-21(32)11-7-19)29(20-8-12-22(33)13-9-20)35(28)15-14-23(36)16-24(37)17-25(38)40-31(3,4)5;1-4-11(5-2)13-12-8-6-10(3)7-9-12;1-2/h6-13,18,23-24,36-37H,14-17H2,1-5H3,(H2,34,39);6-9,11H,4-5H2,1-3H3;1-2H3. The minimum atomic E-state index is -1.10. The van der Waals surface area contributed by atoms with Gasteiger partial charge in [-0.1, -0.05) is 71.4 Å². The third-order valence-electron chi connectivity index (χ3n) is 8.63. The highest BCUT2D eigenvalue weighted by atomic mass is 32.2. The molecule has 4 aromatic rings. The van der Waals surface area contributed by atoms with Gasteiger partial charge in [0.05, 0.1) is 29.9 Å². The highest BCUT2D eigenvalue weighted by Crippen LogP contribution is 2.42. The van der Waals surface area contributed by atoms with Gasteiger partial charge in [0.1, 0.15) is 17.2 Å². The summed E-state index contributed by atoms with van der Waals surface area (Å²) in [6.07, 6.45) is 0.297. The number of halogens is 2. The summed E-state index contributed by atoms with van der Waals surface area (Å²) in [4.78, 5) is 26.3. The van der Waals surface area contributed by atoms with Gasteiger partial charge < -0.3 is 25.3 Å². The molecule has 0 aliphatic heterocycles. The Hall–Kier alpha value is -3.99. The second-order valence-corrected chi connectivity index (χ2v) is 16.0. The molecule has 7 nitrogen and oxygen atoms in total. The molecule has 0 radical (unpaired) electrons. The Morgan fingerprint density at radius 1 is 0.836 bits per heavy atom. The van der Waals surface area contributed by atoms with Gasteiger partial charge in [-0.2, -0.15) is 0 Å². The molecular weight excluding hydrogens is 719 g/mol. The molecule has 0 spiro atoms. The van der Waals surface area contributed by atoms with Gasteiger partial charge in [0.15, 0.2) is 0 Å². The smallest absolute Gasteiger partial charge is 0.308 e. The van der Waals surface area contributed by atoms with Gasteiger partial charge in [-0.25, -0.2) is 8.78 Å². The number of carbonyl (C=O) groups is 2. The van der Waals surface area contributed by atoms with Gasteiger partial charge in [0.25, 0.3) is 5.91 Å². The summed E-state index contributed by atoms with van der Waals surface area (Å²) >= 11 is 2.00. The van der Waals surface area contributed by atoms with E-state index in [0.717, 1.165) is 5.25 Å². The van der Waals surface area contributed by atoms with Crippen LogP contribution in [0.15, 0.2) is 77.7 Å². The zero-order valence-electron chi connectivity index (χ0n) is 34.3. The van der Waals surface area contributed by atoms with E-state index >= 15 is 0 Å². The van der Waals surface area contributed by atoms with Gasteiger partial charge in [-0.05, 0) is 119 Å². The van der Waals surface area contributed by atoms with Crippen LogP contribution in [0.2, 0.25) is 0 Å². The van der Waals surface area contributed by atoms with E-state index in [-0.39, 0.29) is 37.3 Å². The van der Waals surface area contributed by atoms with E-state index in [0.29, 0.717) is 28.1 Å². The molecule has 0 saturated heterocycles. The molecule has 0 saturated carbocycles. The van der Waals surface area contributed by atoms with Crippen molar-refractivity contribution >= 4 is 23.6 Å². The molecule has 55 heavy (non-hydrogen) atoms. The lowest BCUT2D eigenvalue weighted by atomic mass is 9.94. The summed E-state index contributed by atoms with van der Waals surface area (Å²) in [5.41, 5.74) is 9.67. The quantitative estimate of drug-likeness (QED) is 0.0817. The molecule has 0 aliphatic carbocycles. The molecule has 4 N–H and O–H groups in total. The van der Waals surface area contributed by atoms with Crippen LogP contribution in [0.1, 0.15) is 122 Å². The van der Waals surface area contributed by atoms with Crippen molar-refractivity contribution in [3.63, 3.8) is 0 Å². The molecule has 0 aliphatic rings. The second kappa shape index (κ2) is 22.5. The van der Waals surface area contributed by atoms with Crippen LogP contribution in [0.25, 0.3) is 22.4 Å². The fourth-order valence-corrected chi connectivity index (χ4v) is 7.17. The van der Waals surface area contributed by atoms with E-state index in [1.54, 1.807) is 45.0 Å². The molecule has 2 unspecified atom stereocenters. The van der Waals surface area contributed by atoms with Crippen molar-refractivity contribution in [2.24, 2.45) is 5.73 Å². The summed E-state index contributed by atoms with van der Waals surface area (Å²) in [5, 5.41) is 21.9. The number of nitrogens with two attached hydrogens (primary N) is 1. The Balaban J connectivity index is 0.000000584. The number of primary amides is 1. The number of aliphatic hydroxyl groups excluding tert-OH is 2. The minimum Gasteiger partial charge on any atom is -0.460 e. The molecule has 2 atom stereocenters. The van der Waals surface area contributed by atoms with Crippen LogP contribution in [0.5, 0.6) is 0 Å². The Labute approximate surface area is 331 Å². The van der Waals surface area contributed by atoms with Gasteiger partial charge in [0, 0.05) is 27.9 Å². The topological polar surface area (TPSA) is 115 Å². The SMILES string of the molecule is CC.CC(C)c1c(C(N)=O)c(-c2ccc(F)cc2)c(-c2ccc(F)cc2)n1CCC(O)CC(O)CC(=O)OC(C)(C)C.CCC(CC)Sc1ccc(C)cc1. The minimum absolute atomic E-state index is 0.0586. The molecule has 10 heteroatoms. The van der Waals surface area contributed by atoms with Crippen molar-refractivity contribution in [3.8, 4) is 22.4 Å². The second-order valence-electron chi connectivity index (χ2n) is 14.7. The Morgan fingerprint density at radius 3 is 1.80 bits per heavy atom. The van der Waals surface area contributed by atoms with Gasteiger partial charge in [-0.3, -0.25) is 9.59 Å². The van der Waals surface area contributed by atoms with Crippen LogP contribution in [0.4, 0.5) is 8.78 Å². The molecule has 302 valence electrons. The van der Waals surface area contributed by atoms with Crippen LogP contribution < -0.4 is 5.73 Å². The van der Waals surface area contributed by atoms with Crippen LogP contribution in [0.3, 0.4) is 0 Å². The molecule has 3 aromatic carbocycles. The lowest BCUT2D eigenvalue weighted by molar-refractivity contribution is -0.157. The maximum atomic E-state index is 13.9. The van der Waals surface area contributed by atoms with E-state index in [4.69, 9.17) is 10.5 Å². The summed E-state index contributed by atoms with van der Waals surface area (Å²) in [7, 11) is 0. The molecule has 1 heterocycles. The van der Waals surface area contributed by atoms with Crippen LogP contribution in [-0.2, 0) is 16.1 Å². The number of hydrogen-bond donors (Lipinski definition) is 3. The fraction of sp³-hybridized carbons (Fsp3) is 0.467. The zero-order chi connectivity index (χ0) is 41.5. The van der Waals surface area contributed by atoms with Crippen molar-refractivity contribution < 1.29 is 33.3 Å². The van der Waals surface area contributed by atoms with E-state index < -0.39 is 41.3 Å². The number of ether oxygens (including phenoxy) is 1. The fourth-order valence-electron chi connectivity index (χ4n) is 6.16. The van der Waals surface area contributed by atoms with Crippen LogP contribution in [0, 0.1) is 18.6 Å². The first kappa shape index (κ1) is 47.2. The maximum absolute atomic E-state index is 13.9. The molecule has 1 aromatic heterocycles. The largest absolute Gasteiger partial charge is 0.460 e. The number of aryl methyl sites for hydroxylation is 1. The summed E-state index contributed by atoms with van der Waals surface area (Å²) in [6, 6.07) is 20.3. The normalized spacial score (nSPS) is 12.4. The summed E-state index contributed by atoms with van der Waals surface area (Å²) < 4.78 is 34.8. The number of carbonyl (C=O) groups excluding carboxylic acids is 2. The summed E-state index contributed by atoms with van der Waals surface area (Å²) in [6.45, 7) is 19.9. The highest BCUT2D eigenvalue weighted by Gasteiger charge is 2.30. The van der Waals surface area contributed by atoms with Gasteiger partial charge in [-0.15, -0.1) is 11.8 Å². The number of nitrogens with zero attached hydrogens (tertiary/aromatic N) is 1. The molecular formula is C45H62F2N2O5S. The monoisotopic (exact) mass is 780 g/mol. The van der Waals surface area contributed by atoms with E-state index in [1.165, 1.54) is 47.6 Å². The van der Waals surface area contributed by atoms with Crippen LogP contribution in [-0.4, -0.2) is 49.7 Å².